The van der Waals surface area contributed by atoms with Gasteiger partial charge in [-0.3, -0.25) is 0 Å². The van der Waals surface area contributed by atoms with Crippen LogP contribution in [0.15, 0.2) is 36.5 Å². The van der Waals surface area contributed by atoms with E-state index in [4.69, 9.17) is 10.2 Å². The summed E-state index contributed by atoms with van der Waals surface area (Å²) < 4.78 is 0. The smallest absolute Gasteiger partial charge is 0.327 e. The summed E-state index contributed by atoms with van der Waals surface area (Å²) in [6.07, 6.45) is 69.5. The minimum absolute atomic E-state index is 0.831. The van der Waals surface area contributed by atoms with Crippen molar-refractivity contribution in [2.45, 2.75) is 276 Å². The molecule has 0 saturated carbocycles. The molecule has 4 nitrogen and oxygen atoms in total. The third-order valence-corrected chi connectivity index (χ3v) is 11.4. The standard InChI is InChI=1S/C51H94O4/c52-50(53)48-46-44-42-40-38-36-34-32-30-28-26-24-22-20-18-16-14-12-10-8-6-4-2-1-3-5-7-9-11-13-15-17-19-21-23-25-27-29-31-33-35-37-39-41-43-45-47-49-51(54)55/h30,32,46-49H,1-29,31,33-45H2,(H,52,53)(H,54,55). The van der Waals surface area contributed by atoms with Gasteiger partial charge in [0, 0.05) is 12.2 Å². The van der Waals surface area contributed by atoms with Gasteiger partial charge in [-0.25, -0.2) is 9.59 Å². The van der Waals surface area contributed by atoms with Crippen LogP contribution in [-0.2, 0) is 9.59 Å². The number of hydrogen-bond acceptors (Lipinski definition) is 2. The summed E-state index contributed by atoms with van der Waals surface area (Å²) in [4.78, 5) is 20.8. The van der Waals surface area contributed by atoms with Crippen molar-refractivity contribution >= 4 is 11.9 Å². The van der Waals surface area contributed by atoms with Crippen molar-refractivity contribution in [1.29, 1.82) is 0 Å². The summed E-state index contributed by atoms with van der Waals surface area (Å²) in [5, 5.41) is 17.1. The van der Waals surface area contributed by atoms with Gasteiger partial charge in [-0.1, -0.05) is 249 Å². The summed E-state index contributed by atoms with van der Waals surface area (Å²) in [6, 6.07) is 0. The fourth-order valence-electron chi connectivity index (χ4n) is 7.84. The molecule has 0 atom stereocenters. The Labute approximate surface area is 343 Å². The van der Waals surface area contributed by atoms with Gasteiger partial charge < -0.3 is 10.2 Å². The minimum Gasteiger partial charge on any atom is -0.478 e. The fraction of sp³-hybridized carbons (Fsp3) is 0.843. The summed E-state index contributed by atoms with van der Waals surface area (Å²) in [5.74, 6) is -1.67. The van der Waals surface area contributed by atoms with Gasteiger partial charge in [-0.15, -0.1) is 0 Å². The van der Waals surface area contributed by atoms with Crippen LogP contribution < -0.4 is 0 Å². The van der Waals surface area contributed by atoms with E-state index in [-0.39, 0.29) is 0 Å². The van der Waals surface area contributed by atoms with E-state index in [0.717, 1.165) is 25.7 Å². The zero-order valence-electron chi connectivity index (χ0n) is 36.6. The maximum atomic E-state index is 10.4. The summed E-state index contributed by atoms with van der Waals surface area (Å²) >= 11 is 0. The monoisotopic (exact) mass is 771 g/mol. The predicted octanol–water partition coefficient (Wildman–Crippen LogP) is 17.6. The Kier molecular flexibility index (Phi) is 46.7. The van der Waals surface area contributed by atoms with E-state index < -0.39 is 11.9 Å². The highest BCUT2D eigenvalue weighted by molar-refractivity contribution is 5.79. The van der Waals surface area contributed by atoms with Crippen molar-refractivity contribution < 1.29 is 19.8 Å². The summed E-state index contributed by atoms with van der Waals surface area (Å²) in [5.41, 5.74) is 0. The molecule has 0 heterocycles. The van der Waals surface area contributed by atoms with Crippen molar-refractivity contribution in [3.63, 3.8) is 0 Å². The average molecular weight is 771 g/mol. The molecule has 0 bridgehead atoms. The van der Waals surface area contributed by atoms with Gasteiger partial charge in [-0.05, 0) is 51.4 Å². The van der Waals surface area contributed by atoms with Gasteiger partial charge in [0.05, 0.1) is 0 Å². The van der Waals surface area contributed by atoms with E-state index in [1.807, 2.05) is 0 Å². The van der Waals surface area contributed by atoms with Gasteiger partial charge in [0.1, 0.15) is 0 Å². The molecule has 0 aromatic heterocycles. The van der Waals surface area contributed by atoms with Crippen LogP contribution in [-0.4, -0.2) is 22.2 Å². The predicted molar refractivity (Wildman–Crippen MR) is 241 cm³/mol. The van der Waals surface area contributed by atoms with Crippen LogP contribution in [0.5, 0.6) is 0 Å². The second-order valence-corrected chi connectivity index (χ2v) is 16.9. The zero-order valence-corrected chi connectivity index (χ0v) is 36.6. The van der Waals surface area contributed by atoms with Crippen molar-refractivity contribution in [3.8, 4) is 0 Å². The maximum absolute atomic E-state index is 10.4. The van der Waals surface area contributed by atoms with Crippen LogP contribution in [0.2, 0.25) is 0 Å². The Morgan fingerprint density at radius 1 is 0.218 bits per heavy atom. The van der Waals surface area contributed by atoms with Crippen LogP contribution >= 0.6 is 0 Å². The number of rotatable bonds is 47. The number of allylic oxidation sites excluding steroid dienone is 4. The Hall–Kier alpha value is -1.84. The molecule has 0 aliphatic rings. The first-order valence-corrected chi connectivity index (χ1v) is 24.6. The zero-order chi connectivity index (χ0) is 39.8. The molecule has 0 spiro atoms. The molecule has 0 radical (unpaired) electrons. The molecule has 0 unspecified atom stereocenters. The van der Waals surface area contributed by atoms with Crippen LogP contribution in [0.4, 0.5) is 0 Å². The Morgan fingerprint density at radius 2 is 0.345 bits per heavy atom. The first-order valence-electron chi connectivity index (χ1n) is 24.6. The highest BCUT2D eigenvalue weighted by Gasteiger charge is 1.98. The van der Waals surface area contributed by atoms with Gasteiger partial charge in [0.2, 0.25) is 0 Å². The first-order chi connectivity index (χ1) is 27.1. The van der Waals surface area contributed by atoms with Gasteiger partial charge in [0.15, 0.2) is 0 Å². The van der Waals surface area contributed by atoms with Crippen molar-refractivity contribution in [2.75, 3.05) is 0 Å². The van der Waals surface area contributed by atoms with Gasteiger partial charge in [0.25, 0.3) is 0 Å². The molecule has 0 aromatic carbocycles. The molecule has 0 amide bonds. The highest BCUT2D eigenvalue weighted by Crippen LogP contribution is 2.18. The third-order valence-electron chi connectivity index (χ3n) is 11.4. The van der Waals surface area contributed by atoms with Crippen LogP contribution in [0.3, 0.4) is 0 Å². The van der Waals surface area contributed by atoms with Crippen molar-refractivity contribution in [3.05, 3.63) is 36.5 Å². The third kappa shape index (κ3) is 52.2. The van der Waals surface area contributed by atoms with Crippen molar-refractivity contribution in [1.82, 2.24) is 0 Å². The second kappa shape index (κ2) is 48.3. The molecule has 322 valence electrons. The van der Waals surface area contributed by atoms with E-state index in [1.165, 1.54) is 263 Å². The van der Waals surface area contributed by atoms with E-state index in [0.29, 0.717) is 0 Å². The molecule has 4 heteroatoms. The molecule has 0 aromatic rings. The van der Waals surface area contributed by atoms with E-state index in [9.17, 15) is 9.59 Å². The Balaban J connectivity index is 3.11. The van der Waals surface area contributed by atoms with Crippen LogP contribution in [0.1, 0.15) is 276 Å². The quantitative estimate of drug-likeness (QED) is 0.0367. The SMILES string of the molecule is O=C(O)C=CCCCCCCC=CCCCCCCCCCCCCCCCCCCCCCCCCCCCCCCCCCCCCCC=CC(=O)O. The number of carboxylic acids is 2. The molecule has 2 N–H and O–H groups in total. The lowest BCUT2D eigenvalue weighted by molar-refractivity contribution is -0.132. The average Bonchev–Trinajstić information content (AvgIpc) is 3.17. The lowest BCUT2D eigenvalue weighted by atomic mass is 10.0. The van der Waals surface area contributed by atoms with Gasteiger partial charge in [-0.2, -0.15) is 0 Å². The molecule has 0 aliphatic heterocycles. The lowest BCUT2D eigenvalue weighted by Crippen LogP contribution is -1.86. The largest absolute Gasteiger partial charge is 0.478 e. The number of hydrogen-bond donors (Lipinski definition) is 2. The maximum Gasteiger partial charge on any atom is 0.327 e. The van der Waals surface area contributed by atoms with Crippen LogP contribution in [0, 0.1) is 0 Å². The molecular formula is C51H94O4. The molecule has 55 heavy (non-hydrogen) atoms. The van der Waals surface area contributed by atoms with E-state index in [2.05, 4.69) is 12.2 Å². The number of carbonyl (C=O) groups is 2. The normalized spacial score (nSPS) is 11.9. The topological polar surface area (TPSA) is 74.6 Å². The molecule has 0 rings (SSSR count). The number of carboxylic acid groups (broad SMARTS) is 2. The first kappa shape index (κ1) is 53.2. The molecule has 0 saturated heterocycles. The Bertz CT molecular complexity index is 859. The summed E-state index contributed by atoms with van der Waals surface area (Å²) in [6.45, 7) is 0. The number of aliphatic carboxylic acids is 2. The van der Waals surface area contributed by atoms with E-state index in [1.54, 1.807) is 12.2 Å². The fourth-order valence-corrected chi connectivity index (χ4v) is 7.84. The van der Waals surface area contributed by atoms with Crippen molar-refractivity contribution in [2.24, 2.45) is 0 Å². The molecule has 0 fully saturated rings. The minimum atomic E-state index is -0.839. The molecular weight excluding hydrogens is 677 g/mol. The highest BCUT2D eigenvalue weighted by atomic mass is 16.4. The molecule has 0 aliphatic carbocycles. The van der Waals surface area contributed by atoms with Crippen LogP contribution in [0.25, 0.3) is 0 Å². The second-order valence-electron chi connectivity index (χ2n) is 16.9. The van der Waals surface area contributed by atoms with E-state index >= 15 is 0 Å². The number of unbranched alkanes of at least 4 members (excludes halogenated alkanes) is 41. The summed E-state index contributed by atoms with van der Waals surface area (Å²) in [7, 11) is 0. The lowest BCUT2D eigenvalue weighted by Gasteiger charge is -2.05. The Morgan fingerprint density at radius 3 is 0.491 bits per heavy atom. The van der Waals surface area contributed by atoms with Gasteiger partial charge >= 0.3 is 11.9 Å².